The van der Waals surface area contributed by atoms with E-state index in [4.69, 9.17) is 0 Å². The van der Waals surface area contributed by atoms with E-state index in [1.54, 1.807) is 0 Å². The Labute approximate surface area is 110 Å². The van der Waals surface area contributed by atoms with E-state index in [0.717, 1.165) is 16.1 Å². The van der Waals surface area contributed by atoms with Crippen molar-refractivity contribution in [3.63, 3.8) is 0 Å². The average Bonchev–Trinajstić information content (AvgIpc) is 2.53. The zero-order valence-corrected chi connectivity index (χ0v) is 11.1. The Morgan fingerprint density at radius 2 is 1.83 bits per heavy atom. The molecule has 2 aromatic rings. The molecule has 92 valence electrons. The van der Waals surface area contributed by atoms with Gasteiger partial charge < -0.3 is 0 Å². The second kappa shape index (κ2) is 4.47. The third-order valence-electron chi connectivity index (χ3n) is 3.11. The van der Waals surface area contributed by atoms with Crippen LogP contribution in [0.1, 0.15) is 22.8 Å². The van der Waals surface area contributed by atoms with E-state index in [9.17, 15) is 13.9 Å². The van der Waals surface area contributed by atoms with Crippen LogP contribution in [0, 0.1) is 11.6 Å². The van der Waals surface area contributed by atoms with Crippen molar-refractivity contribution in [2.75, 3.05) is 0 Å². The summed E-state index contributed by atoms with van der Waals surface area (Å²) in [7, 11) is 0. The van der Waals surface area contributed by atoms with Gasteiger partial charge in [0.1, 0.15) is 0 Å². The fourth-order valence-corrected chi connectivity index (χ4v) is 4.50. The number of halogens is 2. The summed E-state index contributed by atoms with van der Waals surface area (Å²) in [6, 6.07) is 10.1. The van der Waals surface area contributed by atoms with Crippen LogP contribution in [-0.4, -0.2) is 20.1 Å². The molecule has 1 unspecified atom stereocenters. The van der Waals surface area contributed by atoms with Crippen LogP contribution in [0.4, 0.5) is 8.78 Å². The molecule has 18 heavy (non-hydrogen) atoms. The van der Waals surface area contributed by atoms with Crippen molar-refractivity contribution in [2.45, 2.75) is 11.4 Å². The molecule has 1 heterocycles. The molecule has 3 rings (SSSR count). The quantitative estimate of drug-likeness (QED) is 0.737. The molecule has 0 amide bonds. The van der Waals surface area contributed by atoms with Gasteiger partial charge in [-0.3, -0.25) is 0 Å². The van der Waals surface area contributed by atoms with Crippen molar-refractivity contribution in [2.24, 2.45) is 0 Å². The molecule has 1 nitrogen and oxygen atoms in total. The molecule has 0 aromatic heterocycles. The molecule has 0 fully saturated rings. The van der Waals surface area contributed by atoms with E-state index >= 15 is 0 Å². The van der Waals surface area contributed by atoms with Gasteiger partial charge in [-0.1, -0.05) is 0 Å². The van der Waals surface area contributed by atoms with E-state index in [-0.39, 0.29) is 15.0 Å². The predicted octanol–water partition coefficient (Wildman–Crippen LogP) is 1.89. The van der Waals surface area contributed by atoms with Gasteiger partial charge in [0, 0.05) is 0 Å². The van der Waals surface area contributed by atoms with Crippen molar-refractivity contribution in [1.82, 2.24) is 0 Å². The topological polar surface area (TPSA) is 20.2 Å². The SMILES string of the molecule is OC1c2ccccc2[Se]Cc2c1ccc(F)c2F. The Hall–Kier alpha value is -1.22. The molecule has 2 aromatic carbocycles. The minimum atomic E-state index is -0.865. The van der Waals surface area contributed by atoms with Crippen molar-refractivity contribution in [3.8, 4) is 0 Å². The van der Waals surface area contributed by atoms with Crippen molar-refractivity contribution < 1.29 is 13.9 Å². The number of hydrogen-bond acceptors (Lipinski definition) is 1. The normalized spacial score (nSPS) is 17.8. The van der Waals surface area contributed by atoms with E-state index in [2.05, 4.69) is 0 Å². The van der Waals surface area contributed by atoms with E-state index in [1.165, 1.54) is 6.07 Å². The van der Waals surface area contributed by atoms with Crippen LogP contribution in [0.5, 0.6) is 0 Å². The van der Waals surface area contributed by atoms with Crippen LogP contribution in [0.15, 0.2) is 36.4 Å². The second-order valence-corrected chi connectivity index (χ2v) is 6.29. The molecule has 0 bridgehead atoms. The van der Waals surface area contributed by atoms with Crippen LogP contribution < -0.4 is 4.46 Å². The average molecular weight is 311 g/mol. The van der Waals surface area contributed by atoms with Crippen LogP contribution in [-0.2, 0) is 5.32 Å². The summed E-state index contributed by atoms with van der Waals surface area (Å²) in [6.07, 6.45) is -0.865. The maximum absolute atomic E-state index is 13.8. The number of rotatable bonds is 0. The minimum absolute atomic E-state index is 0.0114. The molecule has 1 aliphatic rings. The van der Waals surface area contributed by atoms with Gasteiger partial charge >= 0.3 is 109 Å². The van der Waals surface area contributed by atoms with Crippen LogP contribution >= 0.6 is 0 Å². The third-order valence-corrected chi connectivity index (χ3v) is 5.45. The maximum atomic E-state index is 13.8. The molecule has 1 aliphatic heterocycles. The molecule has 0 saturated carbocycles. The molecule has 0 radical (unpaired) electrons. The predicted molar refractivity (Wildman–Crippen MR) is 66.0 cm³/mol. The van der Waals surface area contributed by atoms with Crippen molar-refractivity contribution >= 4 is 19.4 Å². The third kappa shape index (κ3) is 1.77. The van der Waals surface area contributed by atoms with E-state index < -0.39 is 17.7 Å². The molecule has 1 N–H and O–H groups in total. The standard InChI is InChI=1S/C14H10F2OSe/c15-11-6-5-8-10(13(11)16)7-18-12-4-2-1-3-9(12)14(8)17/h1-6,14,17H,7H2. The number of benzene rings is 2. The van der Waals surface area contributed by atoms with Crippen molar-refractivity contribution in [3.05, 3.63) is 64.7 Å². The van der Waals surface area contributed by atoms with Gasteiger partial charge in [0.25, 0.3) is 0 Å². The Morgan fingerprint density at radius 1 is 1.06 bits per heavy atom. The first-order chi connectivity index (χ1) is 8.68. The second-order valence-electron chi connectivity index (χ2n) is 4.16. The van der Waals surface area contributed by atoms with Gasteiger partial charge in [-0.05, 0) is 0 Å². The fraction of sp³-hybridized carbons (Fsp3) is 0.143. The van der Waals surface area contributed by atoms with Gasteiger partial charge in [-0.2, -0.15) is 0 Å². The van der Waals surface area contributed by atoms with Gasteiger partial charge in [0.05, 0.1) is 0 Å². The molecule has 0 saturated heterocycles. The summed E-state index contributed by atoms with van der Waals surface area (Å²) in [5, 5.41) is 10.8. The monoisotopic (exact) mass is 312 g/mol. The first-order valence-electron chi connectivity index (χ1n) is 5.55. The Bertz CT molecular complexity index is 613. The summed E-state index contributed by atoms with van der Waals surface area (Å²) < 4.78 is 28.1. The zero-order valence-electron chi connectivity index (χ0n) is 9.36. The van der Waals surface area contributed by atoms with Gasteiger partial charge in [0.2, 0.25) is 0 Å². The number of fused-ring (bicyclic) bond motifs is 2. The summed E-state index contributed by atoms with van der Waals surface area (Å²) in [4.78, 5) is 0. The van der Waals surface area contributed by atoms with Gasteiger partial charge in [0.15, 0.2) is 0 Å². The van der Waals surface area contributed by atoms with Crippen molar-refractivity contribution in [1.29, 1.82) is 0 Å². The van der Waals surface area contributed by atoms with Crippen LogP contribution in [0.25, 0.3) is 0 Å². The first kappa shape index (κ1) is 11.8. The number of aliphatic hydroxyl groups excluding tert-OH is 1. The molecule has 0 spiro atoms. The van der Waals surface area contributed by atoms with E-state index in [1.807, 2.05) is 24.3 Å². The summed E-state index contributed by atoms with van der Waals surface area (Å²) in [5.74, 6) is -1.66. The zero-order chi connectivity index (χ0) is 12.7. The van der Waals surface area contributed by atoms with Gasteiger partial charge in [-0.25, -0.2) is 0 Å². The van der Waals surface area contributed by atoms with Crippen LogP contribution in [0.2, 0.25) is 0 Å². The molecule has 4 heteroatoms. The molecular weight excluding hydrogens is 301 g/mol. The fourth-order valence-electron chi connectivity index (χ4n) is 2.17. The Kier molecular flexibility index (Phi) is 2.94. The summed E-state index contributed by atoms with van der Waals surface area (Å²) in [6.45, 7) is 0. The molecule has 0 aliphatic carbocycles. The molecular formula is C14H10F2OSe. The Balaban J connectivity index is 2.21. The molecule has 1 atom stereocenters. The van der Waals surface area contributed by atoms with Crippen LogP contribution in [0.3, 0.4) is 0 Å². The number of aliphatic hydroxyl groups is 1. The summed E-state index contributed by atoms with van der Waals surface area (Å²) in [5.41, 5.74) is 1.61. The first-order valence-corrected chi connectivity index (χ1v) is 7.62. The van der Waals surface area contributed by atoms with Gasteiger partial charge in [-0.15, -0.1) is 0 Å². The Morgan fingerprint density at radius 3 is 2.67 bits per heavy atom. The number of hydrogen-bond donors (Lipinski definition) is 1. The summed E-state index contributed by atoms with van der Waals surface area (Å²) >= 11 is 0.0114. The van der Waals surface area contributed by atoms with E-state index in [0.29, 0.717) is 16.4 Å².